The van der Waals surface area contributed by atoms with E-state index in [0.29, 0.717) is 6.04 Å². The van der Waals surface area contributed by atoms with E-state index in [2.05, 4.69) is 34.2 Å². The van der Waals surface area contributed by atoms with Crippen LogP contribution in [0.2, 0.25) is 0 Å². The summed E-state index contributed by atoms with van der Waals surface area (Å²) in [5.41, 5.74) is 1.14. The molecule has 1 saturated heterocycles. The Morgan fingerprint density at radius 3 is 3.36 bits per heavy atom. The Balaban J connectivity index is 2.13. The van der Waals surface area contributed by atoms with Crippen LogP contribution in [0.25, 0.3) is 0 Å². The summed E-state index contributed by atoms with van der Waals surface area (Å²) in [6.45, 7) is 4.53. The quantitative estimate of drug-likeness (QED) is 0.654. The van der Waals surface area contributed by atoms with Crippen LogP contribution < -0.4 is 0 Å². The van der Waals surface area contributed by atoms with Crippen LogP contribution in [0.5, 0.6) is 0 Å². The van der Waals surface area contributed by atoms with E-state index >= 15 is 0 Å². The van der Waals surface area contributed by atoms with E-state index in [1.54, 1.807) is 0 Å². The molecule has 76 valence electrons. The van der Waals surface area contributed by atoms with Crippen LogP contribution in [-0.4, -0.2) is 36.0 Å². The van der Waals surface area contributed by atoms with Crippen molar-refractivity contribution >= 4 is 11.9 Å². The summed E-state index contributed by atoms with van der Waals surface area (Å²) in [7, 11) is 0. The summed E-state index contributed by atoms with van der Waals surface area (Å²) in [6, 6.07) is 0.506. The Bertz CT molecular complexity index is 278. The first kappa shape index (κ1) is 9.59. The van der Waals surface area contributed by atoms with Crippen molar-refractivity contribution in [3.8, 4) is 0 Å². The number of hydrogen-bond donors (Lipinski definition) is 0. The van der Waals surface area contributed by atoms with E-state index in [0.717, 1.165) is 18.7 Å². The maximum Gasteiger partial charge on any atom is 0.0798 e. The molecular formula is C11H17N3. The highest BCUT2D eigenvalue weighted by atomic mass is 15.2. The molecule has 0 spiro atoms. The molecule has 0 aromatic rings. The van der Waals surface area contributed by atoms with Gasteiger partial charge in [0.1, 0.15) is 0 Å². The summed E-state index contributed by atoms with van der Waals surface area (Å²) in [5, 5.41) is 8.30. The highest BCUT2D eigenvalue weighted by Gasteiger charge is 2.26. The van der Waals surface area contributed by atoms with Gasteiger partial charge in [-0.15, -0.1) is 0 Å². The molecule has 0 amide bonds. The average Bonchev–Trinajstić information content (AvgIpc) is 2.52. The third-order valence-electron chi connectivity index (χ3n) is 2.90. The molecule has 0 radical (unpaired) electrons. The van der Waals surface area contributed by atoms with Gasteiger partial charge >= 0.3 is 0 Å². The van der Waals surface area contributed by atoms with Crippen LogP contribution in [-0.2, 0) is 0 Å². The zero-order valence-electron chi connectivity index (χ0n) is 8.69. The van der Waals surface area contributed by atoms with Gasteiger partial charge in [0, 0.05) is 12.6 Å². The third kappa shape index (κ3) is 1.93. The monoisotopic (exact) mass is 191 g/mol. The maximum atomic E-state index is 4.26. The van der Waals surface area contributed by atoms with Crippen molar-refractivity contribution in [3.63, 3.8) is 0 Å². The molecule has 0 aliphatic carbocycles. The lowest BCUT2D eigenvalue weighted by Gasteiger charge is -2.21. The Hall–Kier alpha value is -0.960. The average molecular weight is 191 g/mol. The van der Waals surface area contributed by atoms with E-state index in [1.165, 1.54) is 19.4 Å². The molecule has 0 bridgehead atoms. The van der Waals surface area contributed by atoms with E-state index in [1.807, 2.05) is 6.21 Å². The molecule has 0 aromatic carbocycles. The van der Waals surface area contributed by atoms with Crippen LogP contribution in [0.4, 0.5) is 0 Å². The highest BCUT2D eigenvalue weighted by molar-refractivity contribution is 6.00. The normalized spacial score (nSPS) is 27.8. The first-order valence-corrected chi connectivity index (χ1v) is 5.41. The molecular weight excluding hydrogens is 174 g/mol. The Labute approximate surface area is 85.2 Å². The molecule has 1 unspecified atom stereocenters. The minimum Gasteiger partial charge on any atom is -0.295 e. The number of likely N-dealkylation sites (tertiary alicyclic amines) is 1. The van der Waals surface area contributed by atoms with Gasteiger partial charge in [0.05, 0.1) is 11.8 Å². The van der Waals surface area contributed by atoms with E-state index in [4.69, 9.17) is 0 Å². The molecule has 2 aliphatic rings. The van der Waals surface area contributed by atoms with Gasteiger partial charge in [-0.1, -0.05) is 13.0 Å². The second-order valence-corrected chi connectivity index (χ2v) is 3.75. The summed E-state index contributed by atoms with van der Waals surface area (Å²) < 4.78 is 0. The lowest BCUT2D eigenvalue weighted by Crippen LogP contribution is -2.34. The largest absolute Gasteiger partial charge is 0.295 e. The maximum absolute atomic E-state index is 4.26. The van der Waals surface area contributed by atoms with E-state index in [-0.39, 0.29) is 0 Å². The minimum absolute atomic E-state index is 0.506. The van der Waals surface area contributed by atoms with Crippen LogP contribution in [0.15, 0.2) is 22.4 Å². The molecule has 3 heteroatoms. The molecule has 1 atom stereocenters. The summed E-state index contributed by atoms with van der Waals surface area (Å²) in [4.78, 5) is 2.48. The molecule has 0 saturated carbocycles. The number of allylic oxidation sites excluding steroid dienone is 1. The first-order valence-electron chi connectivity index (χ1n) is 5.41. The van der Waals surface area contributed by atoms with Gasteiger partial charge in [-0.05, 0) is 32.0 Å². The lowest BCUT2D eigenvalue weighted by atomic mass is 10.1. The third-order valence-corrected chi connectivity index (χ3v) is 2.90. The van der Waals surface area contributed by atoms with Gasteiger partial charge in [-0.2, -0.15) is 10.2 Å². The zero-order chi connectivity index (χ0) is 9.80. The van der Waals surface area contributed by atoms with Gasteiger partial charge in [0.15, 0.2) is 0 Å². The number of nitrogens with zero attached hydrogens (tertiary/aromatic N) is 3. The van der Waals surface area contributed by atoms with Crippen molar-refractivity contribution < 1.29 is 0 Å². The fraction of sp³-hybridized carbons (Fsp3) is 0.636. The van der Waals surface area contributed by atoms with Crippen molar-refractivity contribution in [2.75, 3.05) is 13.1 Å². The van der Waals surface area contributed by atoms with Crippen LogP contribution in [0.1, 0.15) is 26.2 Å². The Morgan fingerprint density at radius 1 is 1.57 bits per heavy atom. The molecule has 1 fully saturated rings. The van der Waals surface area contributed by atoms with Crippen molar-refractivity contribution in [2.24, 2.45) is 10.2 Å². The topological polar surface area (TPSA) is 28.0 Å². The Kier molecular flexibility index (Phi) is 3.09. The van der Waals surface area contributed by atoms with Crippen molar-refractivity contribution in [1.29, 1.82) is 0 Å². The lowest BCUT2D eigenvalue weighted by molar-refractivity contribution is 0.320. The number of rotatable bonds is 2. The summed E-state index contributed by atoms with van der Waals surface area (Å²) in [5.74, 6) is 0. The van der Waals surface area contributed by atoms with Crippen molar-refractivity contribution in [3.05, 3.63) is 12.2 Å². The molecule has 2 heterocycles. The zero-order valence-corrected chi connectivity index (χ0v) is 8.69. The minimum atomic E-state index is 0.506. The Morgan fingerprint density at radius 2 is 2.50 bits per heavy atom. The van der Waals surface area contributed by atoms with Crippen LogP contribution >= 0.6 is 0 Å². The number of hydrogen-bond acceptors (Lipinski definition) is 3. The van der Waals surface area contributed by atoms with Gasteiger partial charge in [-0.25, -0.2) is 0 Å². The molecule has 14 heavy (non-hydrogen) atoms. The molecule has 3 nitrogen and oxygen atoms in total. The second-order valence-electron chi connectivity index (χ2n) is 3.75. The molecule has 0 N–H and O–H groups in total. The fourth-order valence-electron chi connectivity index (χ4n) is 2.15. The SMILES string of the molecule is CCN1CCCC1C1=NN=CCC=C1. The van der Waals surface area contributed by atoms with Crippen molar-refractivity contribution in [2.45, 2.75) is 32.2 Å². The van der Waals surface area contributed by atoms with E-state index in [9.17, 15) is 0 Å². The van der Waals surface area contributed by atoms with Crippen LogP contribution in [0.3, 0.4) is 0 Å². The smallest absolute Gasteiger partial charge is 0.0798 e. The van der Waals surface area contributed by atoms with Gasteiger partial charge in [-0.3, -0.25) is 4.90 Å². The fourth-order valence-corrected chi connectivity index (χ4v) is 2.15. The summed E-state index contributed by atoms with van der Waals surface area (Å²) >= 11 is 0. The molecule has 2 rings (SSSR count). The summed E-state index contributed by atoms with van der Waals surface area (Å²) in [6.07, 6.45) is 9.55. The van der Waals surface area contributed by atoms with Crippen LogP contribution in [0, 0.1) is 0 Å². The molecule has 2 aliphatic heterocycles. The van der Waals surface area contributed by atoms with Crippen molar-refractivity contribution in [1.82, 2.24) is 4.90 Å². The van der Waals surface area contributed by atoms with Gasteiger partial charge in [0.25, 0.3) is 0 Å². The molecule has 0 aromatic heterocycles. The second kappa shape index (κ2) is 4.51. The standard InChI is InChI=1S/C11H17N3/c1-2-14-9-5-7-11(14)10-6-3-4-8-12-13-10/h3,6,8,11H,2,4-5,7,9H2,1H3. The van der Waals surface area contributed by atoms with E-state index < -0.39 is 0 Å². The highest BCUT2D eigenvalue weighted by Crippen LogP contribution is 2.19. The van der Waals surface area contributed by atoms with Gasteiger partial charge in [0.2, 0.25) is 0 Å². The first-order chi connectivity index (χ1) is 6.92. The van der Waals surface area contributed by atoms with Gasteiger partial charge < -0.3 is 0 Å². The predicted octanol–water partition coefficient (Wildman–Crippen LogP) is 1.86. The predicted molar refractivity (Wildman–Crippen MR) is 60.0 cm³/mol.